The molecule has 1 atom stereocenters. The Labute approximate surface area is 188 Å². The van der Waals surface area contributed by atoms with E-state index >= 15 is 0 Å². The van der Waals surface area contributed by atoms with Gasteiger partial charge in [0.2, 0.25) is 18.3 Å². The number of imidazole rings is 1. The molecule has 176 valence electrons. The molecule has 2 N–H and O–H groups in total. The highest BCUT2D eigenvalue weighted by molar-refractivity contribution is 6.05. The molecule has 0 aromatic carbocycles. The van der Waals surface area contributed by atoms with Gasteiger partial charge in [-0.3, -0.25) is 4.79 Å². The van der Waals surface area contributed by atoms with Crippen LogP contribution in [0, 0.1) is 12.7 Å². The number of rotatable bonds is 7. The molecule has 1 aliphatic heterocycles. The number of pyridine rings is 1. The molecule has 0 bridgehead atoms. The van der Waals surface area contributed by atoms with Gasteiger partial charge in [0.15, 0.2) is 11.5 Å². The van der Waals surface area contributed by atoms with E-state index < -0.39 is 24.2 Å². The lowest BCUT2D eigenvalue weighted by Crippen LogP contribution is -2.51. The van der Waals surface area contributed by atoms with E-state index in [1.165, 1.54) is 16.7 Å². The summed E-state index contributed by atoms with van der Waals surface area (Å²) in [4.78, 5) is 27.4. The predicted molar refractivity (Wildman–Crippen MR) is 116 cm³/mol. The number of nitrogens with one attached hydrogen (secondary N) is 2. The Morgan fingerprint density at radius 3 is 2.94 bits per heavy atom. The SMILES string of the molecule is CCOc1nc(N2CCN[C@H](CC(F)F)C2)ncc1C(=O)Nc1cc(F)c2nc(C)cn2c1. The Bertz CT molecular complexity index is 1150. The van der Waals surface area contributed by atoms with Gasteiger partial charge in [-0.25, -0.2) is 23.1 Å². The van der Waals surface area contributed by atoms with Gasteiger partial charge in [0.25, 0.3) is 5.91 Å². The number of anilines is 2. The fourth-order valence-electron chi connectivity index (χ4n) is 3.74. The van der Waals surface area contributed by atoms with Crippen LogP contribution in [0.2, 0.25) is 0 Å². The van der Waals surface area contributed by atoms with Crippen molar-refractivity contribution < 1.29 is 22.7 Å². The molecular formula is C21H24F3N7O2. The first-order valence-electron chi connectivity index (χ1n) is 10.6. The number of aromatic nitrogens is 4. The summed E-state index contributed by atoms with van der Waals surface area (Å²) in [6.07, 6.45) is 1.83. The smallest absolute Gasteiger partial charge is 0.262 e. The molecule has 9 nitrogen and oxygen atoms in total. The molecule has 12 heteroatoms. The number of carbonyl (C=O) groups excluding carboxylic acids is 1. The molecular weight excluding hydrogens is 439 g/mol. The van der Waals surface area contributed by atoms with Gasteiger partial charge in [0.05, 0.1) is 18.0 Å². The molecule has 4 heterocycles. The van der Waals surface area contributed by atoms with Crippen LogP contribution >= 0.6 is 0 Å². The number of nitrogens with zero attached hydrogens (tertiary/aromatic N) is 5. The van der Waals surface area contributed by atoms with E-state index in [9.17, 15) is 18.0 Å². The van der Waals surface area contributed by atoms with E-state index in [4.69, 9.17) is 4.74 Å². The number of carbonyl (C=O) groups is 1. The van der Waals surface area contributed by atoms with Crippen LogP contribution in [0.25, 0.3) is 5.65 Å². The lowest BCUT2D eigenvalue weighted by Gasteiger charge is -2.33. The summed E-state index contributed by atoms with van der Waals surface area (Å²) < 4.78 is 46.9. The first-order chi connectivity index (χ1) is 15.8. The van der Waals surface area contributed by atoms with Gasteiger partial charge in [-0.05, 0) is 13.8 Å². The average Bonchev–Trinajstić information content (AvgIpc) is 3.14. The van der Waals surface area contributed by atoms with E-state index in [2.05, 4.69) is 25.6 Å². The zero-order chi connectivity index (χ0) is 23.5. The summed E-state index contributed by atoms with van der Waals surface area (Å²) in [5.74, 6) is -0.799. The number of piperazine rings is 1. The molecule has 0 aliphatic carbocycles. The van der Waals surface area contributed by atoms with Gasteiger partial charge < -0.3 is 24.7 Å². The number of ether oxygens (including phenoxy) is 1. The van der Waals surface area contributed by atoms with Crippen molar-refractivity contribution >= 4 is 23.2 Å². The topological polar surface area (TPSA) is 96.7 Å². The first kappa shape index (κ1) is 22.8. The average molecular weight is 463 g/mol. The van der Waals surface area contributed by atoms with E-state index in [0.29, 0.717) is 25.3 Å². The molecule has 1 amide bonds. The Hall–Kier alpha value is -3.41. The molecule has 1 saturated heterocycles. The number of fused-ring (bicyclic) bond motifs is 1. The highest BCUT2D eigenvalue weighted by atomic mass is 19.3. The summed E-state index contributed by atoms with van der Waals surface area (Å²) in [6, 6.07) is 0.788. The molecule has 1 aliphatic rings. The molecule has 4 rings (SSSR count). The number of amides is 1. The van der Waals surface area contributed by atoms with Crippen molar-refractivity contribution in [2.24, 2.45) is 0 Å². The third kappa shape index (κ3) is 5.16. The predicted octanol–water partition coefficient (Wildman–Crippen LogP) is 2.66. The van der Waals surface area contributed by atoms with Crippen molar-refractivity contribution in [2.75, 3.05) is 36.5 Å². The number of hydrogen-bond acceptors (Lipinski definition) is 7. The van der Waals surface area contributed by atoms with E-state index in [1.807, 2.05) is 0 Å². The zero-order valence-electron chi connectivity index (χ0n) is 18.2. The number of alkyl halides is 2. The fraction of sp³-hybridized carbons (Fsp3) is 0.429. The second kappa shape index (κ2) is 9.61. The van der Waals surface area contributed by atoms with Crippen molar-refractivity contribution in [3.8, 4) is 5.88 Å². The van der Waals surface area contributed by atoms with Gasteiger partial charge in [-0.15, -0.1) is 0 Å². The highest BCUT2D eigenvalue weighted by Crippen LogP contribution is 2.23. The van der Waals surface area contributed by atoms with Crippen molar-refractivity contribution in [2.45, 2.75) is 32.7 Å². The molecule has 0 unspecified atom stereocenters. The van der Waals surface area contributed by atoms with E-state index in [1.54, 1.807) is 31.1 Å². The summed E-state index contributed by atoms with van der Waals surface area (Å²) in [7, 11) is 0. The molecule has 33 heavy (non-hydrogen) atoms. The summed E-state index contributed by atoms with van der Waals surface area (Å²) in [5.41, 5.74) is 1.10. The number of halogens is 3. The van der Waals surface area contributed by atoms with Crippen LogP contribution in [-0.4, -0.2) is 64.0 Å². The van der Waals surface area contributed by atoms with Gasteiger partial charge >= 0.3 is 0 Å². The number of aryl methyl sites for hydroxylation is 1. The summed E-state index contributed by atoms with van der Waals surface area (Å²) >= 11 is 0. The Balaban J connectivity index is 1.55. The standard InChI is InChI=1S/C21H24F3N7O2/c1-3-33-20-15(8-26-21(29-20)30-5-4-25-13(10-30)7-17(23)24)19(32)28-14-6-16(22)18-27-12(2)9-31(18)11-14/h6,8-9,11,13,17,25H,3-5,7,10H2,1-2H3,(H,28,32)/t13-/m1/s1. The minimum absolute atomic E-state index is 0.0592. The minimum atomic E-state index is -2.41. The largest absolute Gasteiger partial charge is 0.477 e. The molecule has 1 fully saturated rings. The second-order valence-corrected chi connectivity index (χ2v) is 7.69. The van der Waals surface area contributed by atoms with E-state index in [0.717, 1.165) is 0 Å². The fourth-order valence-corrected chi connectivity index (χ4v) is 3.74. The van der Waals surface area contributed by atoms with Crippen LogP contribution in [0.3, 0.4) is 0 Å². The van der Waals surface area contributed by atoms with Gasteiger partial charge in [0.1, 0.15) is 5.56 Å². The molecule has 0 radical (unpaired) electrons. The Kier molecular flexibility index (Phi) is 6.63. The van der Waals surface area contributed by atoms with Crippen molar-refractivity contribution in [1.29, 1.82) is 0 Å². The highest BCUT2D eigenvalue weighted by Gasteiger charge is 2.26. The Morgan fingerprint density at radius 1 is 1.36 bits per heavy atom. The monoisotopic (exact) mass is 463 g/mol. The molecule has 0 spiro atoms. The van der Waals surface area contributed by atoms with Gasteiger partial charge in [-0.1, -0.05) is 0 Å². The third-order valence-electron chi connectivity index (χ3n) is 5.15. The minimum Gasteiger partial charge on any atom is -0.477 e. The van der Waals surface area contributed by atoms with Crippen LogP contribution in [0.15, 0.2) is 24.7 Å². The maximum Gasteiger partial charge on any atom is 0.262 e. The summed E-state index contributed by atoms with van der Waals surface area (Å²) in [6.45, 7) is 5.09. The van der Waals surface area contributed by atoms with Crippen LogP contribution in [0.5, 0.6) is 5.88 Å². The maximum atomic E-state index is 14.3. The quantitative estimate of drug-likeness (QED) is 0.556. The Morgan fingerprint density at radius 2 is 2.18 bits per heavy atom. The molecule has 3 aromatic rings. The molecule has 3 aromatic heterocycles. The van der Waals surface area contributed by atoms with Gasteiger partial charge in [0, 0.05) is 56.8 Å². The van der Waals surface area contributed by atoms with Crippen molar-refractivity contribution in [3.05, 3.63) is 41.7 Å². The second-order valence-electron chi connectivity index (χ2n) is 7.69. The lowest BCUT2D eigenvalue weighted by atomic mass is 10.1. The van der Waals surface area contributed by atoms with Crippen LogP contribution in [-0.2, 0) is 0 Å². The zero-order valence-corrected chi connectivity index (χ0v) is 18.2. The van der Waals surface area contributed by atoms with Crippen molar-refractivity contribution in [1.82, 2.24) is 24.7 Å². The van der Waals surface area contributed by atoms with Crippen LogP contribution in [0.1, 0.15) is 29.4 Å². The summed E-state index contributed by atoms with van der Waals surface area (Å²) in [5, 5.41) is 5.69. The first-order valence-corrected chi connectivity index (χ1v) is 10.6. The maximum absolute atomic E-state index is 14.3. The molecule has 0 saturated carbocycles. The van der Waals surface area contributed by atoms with Crippen LogP contribution < -0.4 is 20.3 Å². The van der Waals surface area contributed by atoms with Crippen molar-refractivity contribution in [3.63, 3.8) is 0 Å². The number of hydrogen-bond donors (Lipinski definition) is 2. The van der Waals surface area contributed by atoms with E-state index in [-0.39, 0.29) is 41.8 Å². The normalized spacial score (nSPS) is 16.4. The lowest BCUT2D eigenvalue weighted by molar-refractivity contribution is 0.102. The third-order valence-corrected chi connectivity index (χ3v) is 5.15. The van der Waals surface area contributed by atoms with Gasteiger partial charge in [-0.2, -0.15) is 4.98 Å². The van der Waals surface area contributed by atoms with Crippen LogP contribution in [0.4, 0.5) is 24.8 Å².